The quantitative estimate of drug-likeness (QED) is 0.573. The van der Waals surface area contributed by atoms with E-state index in [0.717, 1.165) is 27.8 Å². The third-order valence-corrected chi connectivity index (χ3v) is 3.89. The van der Waals surface area contributed by atoms with Gasteiger partial charge in [-0.2, -0.15) is 0 Å². The average molecular weight is 293 g/mol. The summed E-state index contributed by atoms with van der Waals surface area (Å²) in [6.07, 6.45) is 2.98. The molecule has 0 fully saturated rings. The Morgan fingerprint density at radius 1 is 1.00 bits per heavy atom. The van der Waals surface area contributed by atoms with Gasteiger partial charge in [-0.05, 0) is 30.2 Å². The average Bonchev–Trinajstić information content (AvgIpc) is 2.54. The van der Waals surface area contributed by atoms with E-state index in [1.165, 1.54) is 5.56 Å². The Morgan fingerprint density at radius 2 is 1.81 bits per heavy atom. The van der Waals surface area contributed by atoms with Crippen molar-refractivity contribution in [2.45, 2.75) is 17.7 Å². The van der Waals surface area contributed by atoms with Crippen molar-refractivity contribution in [2.75, 3.05) is 0 Å². The smallest absolute Gasteiger partial charge is 0.163 e. The number of benzene rings is 2. The summed E-state index contributed by atoms with van der Waals surface area (Å²) in [6.45, 7) is 0. The molecule has 0 atom stereocenters. The van der Waals surface area contributed by atoms with Crippen LogP contribution in [0, 0.1) is 0 Å². The Bertz CT molecular complexity index is 784. The van der Waals surface area contributed by atoms with Crippen molar-refractivity contribution in [1.82, 2.24) is 4.98 Å². The molecule has 0 radical (unpaired) electrons. The number of carbonyl (C=O) groups excluding carboxylic acids is 1. The number of hydrogen-bond acceptors (Lipinski definition) is 3. The van der Waals surface area contributed by atoms with Gasteiger partial charge in [0.2, 0.25) is 0 Å². The first kappa shape index (κ1) is 13.8. The van der Waals surface area contributed by atoms with E-state index in [1.807, 2.05) is 54.6 Å². The van der Waals surface area contributed by atoms with Gasteiger partial charge >= 0.3 is 0 Å². The molecule has 104 valence electrons. The highest BCUT2D eigenvalue weighted by atomic mass is 32.1. The number of nitrogens with zero attached hydrogens (tertiary/aromatic N) is 1. The largest absolute Gasteiger partial charge is 0.294 e. The Kier molecular flexibility index (Phi) is 4.02. The minimum Gasteiger partial charge on any atom is -0.294 e. The van der Waals surface area contributed by atoms with Gasteiger partial charge in [0.25, 0.3) is 0 Å². The summed E-state index contributed by atoms with van der Waals surface area (Å²) in [5.41, 5.74) is 2.69. The Hall–Kier alpha value is -2.13. The van der Waals surface area contributed by atoms with Gasteiger partial charge in [-0.25, -0.2) is 0 Å². The molecule has 0 N–H and O–H groups in total. The number of aromatic nitrogens is 1. The topological polar surface area (TPSA) is 30.0 Å². The Morgan fingerprint density at radius 3 is 2.62 bits per heavy atom. The highest BCUT2D eigenvalue weighted by molar-refractivity contribution is 7.80. The Balaban J connectivity index is 1.87. The number of pyridine rings is 1. The second kappa shape index (κ2) is 6.10. The van der Waals surface area contributed by atoms with Crippen LogP contribution >= 0.6 is 12.6 Å². The molecule has 0 aliphatic rings. The van der Waals surface area contributed by atoms with Crippen LogP contribution in [-0.2, 0) is 6.42 Å². The molecule has 3 rings (SSSR count). The van der Waals surface area contributed by atoms with Crippen molar-refractivity contribution < 1.29 is 4.79 Å². The predicted octanol–water partition coefficient (Wildman–Crippen LogP) is 4.34. The summed E-state index contributed by atoms with van der Waals surface area (Å²) in [5.74, 6) is 0.144. The van der Waals surface area contributed by atoms with E-state index < -0.39 is 0 Å². The lowest BCUT2D eigenvalue weighted by atomic mass is 9.99. The van der Waals surface area contributed by atoms with Gasteiger partial charge in [0.05, 0.1) is 5.52 Å². The first-order valence-electron chi connectivity index (χ1n) is 6.89. The van der Waals surface area contributed by atoms with Gasteiger partial charge in [0.15, 0.2) is 5.78 Å². The lowest BCUT2D eigenvalue weighted by Crippen LogP contribution is -2.02. The van der Waals surface area contributed by atoms with Gasteiger partial charge in [-0.1, -0.05) is 36.4 Å². The molecule has 3 heteroatoms. The van der Waals surface area contributed by atoms with E-state index in [4.69, 9.17) is 0 Å². The lowest BCUT2D eigenvalue weighted by Gasteiger charge is -2.07. The van der Waals surface area contributed by atoms with Gasteiger partial charge in [0, 0.05) is 28.5 Å². The molecule has 0 spiro atoms. The van der Waals surface area contributed by atoms with Crippen LogP contribution in [0.1, 0.15) is 22.3 Å². The summed E-state index contributed by atoms with van der Waals surface area (Å²) in [7, 11) is 0. The van der Waals surface area contributed by atoms with Crippen LogP contribution in [0.15, 0.2) is 65.7 Å². The zero-order chi connectivity index (χ0) is 14.7. The van der Waals surface area contributed by atoms with Gasteiger partial charge in [-0.15, -0.1) is 12.6 Å². The standard InChI is InChI=1S/C18H15NOS/c20-16(10-8-13-5-2-1-3-6-13)14-9-11-17(21)18-15(14)7-4-12-19-18/h1-7,9,11-12,21H,8,10H2. The maximum absolute atomic E-state index is 12.5. The second-order valence-electron chi connectivity index (χ2n) is 4.94. The minimum absolute atomic E-state index is 0.144. The molecule has 2 nitrogen and oxygen atoms in total. The van der Waals surface area contributed by atoms with Crippen LogP contribution in [0.2, 0.25) is 0 Å². The fourth-order valence-electron chi connectivity index (χ4n) is 2.44. The van der Waals surface area contributed by atoms with Crippen LogP contribution in [0.5, 0.6) is 0 Å². The van der Waals surface area contributed by atoms with E-state index in [1.54, 1.807) is 6.20 Å². The van der Waals surface area contributed by atoms with Crippen molar-refractivity contribution in [3.05, 3.63) is 71.9 Å². The van der Waals surface area contributed by atoms with Gasteiger partial charge in [-0.3, -0.25) is 9.78 Å². The van der Waals surface area contributed by atoms with Crippen molar-refractivity contribution in [2.24, 2.45) is 0 Å². The molecule has 3 aromatic rings. The van der Waals surface area contributed by atoms with Gasteiger partial charge < -0.3 is 0 Å². The zero-order valence-electron chi connectivity index (χ0n) is 11.5. The van der Waals surface area contributed by atoms with Crippen LogP contribution in [0.25, 0.3) is 10.9 Å². The summed E-state index contributed by atoms with van der Waals surface area (Å²) in [5, 5.41) is 0.878. The van der Waals surface area contributed by atoms with Crippen molar-refractivity contribution in [1.29, 1.82) is 0 Å². The SMILES string of the molecule is O=C(CCc1ccccc1)c1ccc(S)c2ncccc12. The molecular formula is C18H15NOS. The number of rotatable bonds is 4. The zero-order valence-corrected chi connectivity index (χ0v) is 12.4. The van der Waals surface area contributed by atoms with E-state index in [-0.39, 0.29) is 5.78 Å². The van der Waals surface area contributed by atoms with Crippen molar-refractivity contribution >= 4 is 29.3 Å². The number of thiol groups is 1. The predicted molar refractivity (Wildman–Crippen MR) is 88.1 cm³/mol. The molecule has 0 amide bonds. The normalized spacial score (nSPS) is 10.7. The molecule has 0 unspecified atom stereocenters. The molecule has 2 aromatic carbocycles. The van der Waals surface area contributed by atoms with E-state index in [2.05, 4.69) is 17.6 Å². The fourth-order valence-corrected chi connectivity index (χ4v) is 2.69. The first-order valence-corrected chi connectivity index (χ1v) is 7.34. The molecule has 0 saturated carbocycles. The minimum atomic E-state index is 0.144. The van der Waals surface area contributed by atoms with Crippen molar-refractivity contribution in [3.8, 4) is 0 Å². The van der Waals surface area contributed by atoms with Crippen molar-refractivity contribution in [3.63, 3.8) is 0 Å². The van der Waals surface area contributed by atoms with E-state index >= 15 is 0 Å². The summed E-state index contributed by atoms with van der Waals surface area (Å²) >= 11 is 4.40. The molecular weight excluding hydrogens is 278 g/mol. The fraction of sp³-hybridized carbons (Fsp3) is 0.111. The van der Waals surface area contributed by atoms with Crippen LogP contribution in [-0.4, -0.2) is 10.8 Å². The number of hydrogen-bond donors (Lipinski definition) is 1. The van der Waals surface area contributed by atoms with E-state index in [9.17, 15) is 4.79 Å². The number of Topliss-reactive ketones (excluding diaryl/α,β-unsaturated/α-hetero) is 1. The van der Waals surface area contributed by atoms with E-state index in [0.29, 0.717) is 6.42 Å². The van der Waals surface area contributed by atoms with Crippen LogP contribution in [0.4, 0.5) is 0 Å². The highest BCUT2D eigenvalue weighted by Crippen LogP contribution is 2.24. The summed E-state index contributed by atoms with van der Waals surface area (Å²) in [6, 6.07) is 17.5. The lowest BCUT2D eigenvalue weighted by molar-refractivity contribution is 0.0984. The molecule has 0 aliphatic carbocycles. The molecule has 0 bridgehead atoms. The summed E-state index contributed by atoms with van der Waals surface area (Å²) < 4.78 is 0. The number of ketones is 1. The maximum atomic E-state index is 12.5. The molecule has 1 heterocycles. The van der Waals surface area contributed by atoms with Gasteiger partial charge in [0.1, 0.15) is 0 Å². The highest BCUT2D eigenvalue weighted by Gasteiger charge is 2.12. The third-order valence-electron chi connectivity index (χ3n) is 3.53. The third kappa shape index (κ3) is 2.98. The monoisotopic (exact) mass is 293 g/mol. The van der Waals surface area contributed by atoms with Crippen LogP contribution < -0.4 is 0 Å². The van der Waals surface area contributed by atoms with Crippen LogP contribution in [0.3, 0.4) is 0 Å². The molecule has 1 aromatic heterocycles. The molecule has 21 heavy (non-hydrogen) atoms. The Labute approximate surface area is 129 Å². The number of carbonyl (C=O) groups is 1. The summed E-state index contributed by atoms with van der Waals surface area (Å²) in [4.78, 5) is 17.6. The number of fused-ring (bicyclic) bond motifs is 1. The maximum Gasteiger partial charge on any atom is 0.163 e. The molecule has 0 aliphatic heterocycles. The molecule has 0 saturated heterocycles. The second-order valence-corrected chi connectivity index (χ2v) is 5.42. The number of aryl methyl sites for hydroxylation is 1. The first-order chi connectivity index (χ1) is 10.3.